The van der Waals surface area contributed by atoms with Crippen molar-refractivity contribution in [3.63, 3.8) is 0 Å². The Hall–Kier alpha value is -2.49. The number of amides is 2. The summed E-state index contributed by atoms with van der Waals surface area (Å²) in [5, 5.41) is 0. The van der Waals surface area contributed by atoms with Crippen molar-refractivity contribution in [1.29, 1.82) is 0 Å². The Morgan fingerprint density at radius 1 is 1.04 bits per heavy atom. The lowest BCUT2D eigenvalue weighted by Crippen LogP contribution is -2.35. The summed E-state index contributed by atoms with van der Waals surface area (Å²) in [7, 11) is 3.51. The Morgan fingerprint density at radius 3 is 2.19 bits per heavy atom. The Bertz CT molecular complexity index is 760. The molecule has 138 valence electrons. The van der Waals surface area contributed by atoms with E-state index in [4.69, 9.17) is 4.74 Å². The topological polar surface area (TPSA) is 32.8 Å². The van der Waals surface area contributed by atoms with Crippen LogP contribution in [-0.4, -0.2) is 37.7 Å². The molecule has 2 amide bonds. The molecule has 1 aliphatic rings. The van der Waals surface area contributed by atoms with Gasteiger partial charge in [0.2, 0.25) is 0 Å². The highest BCUT2D eigenvalue weighted by Gasteiger charge is 2.36. The lowest BCUT2D eigenvalue weighted by Gasteiger charge is -2.24. The molecule has 1 fully saturated rings. The molecule has 0 aliphatic carbocycles. The van der Waals surface area contributed by atoms with Crippen molar-refractivity contribution >= 4 is 11.7 Å². The van der Waals surface area contributed by atoms with Crippen molar-refractivity contribution in [2.75, 3.05) is 25.6 Å². The van der Waals surface area contributed by atoms with Crippen molar-refractivity contribution in [2.24, 2.45) is 0 Å². The van der Waals surface area contributed by atoms with Crippen molar-refractivity contribution < 1.29 is 9.53 Å². The molecule has 3 rings (SSSR count). The number of ether oxygens (including phenoxy) is 1. The standard InChI is InChI=1S/C22H28N2O2/c1-22(2,3)17-8-6-16(7-9-17)14-19-15-23(4)21(25)24(19)18-10-12-20(26-5)13-11-18/h6-13,19H,14-15H2,1-5H3/t19-/m0/s1. The number of nitrogens with zero attached hydrogens (tertiary/aromatic N) is 2. The van der Waals surface area contributed by atoms with Gasteiger partial charge in [-0.2, -0.15) is 0 Å². The fourth-order valence-corrected chi connectivity index (χ4v) is 3.45. The molecular formula is C22H28N2O2. The predicted molar refractivity (Wildman–Crippen MR) is 106 cm³/mol. The quantitative estimate of drug-likeness (QED) is 0.813. The summed E-state index contributed by atoms with van der Waals surface area (Å²) in [4.78, 5) is 16.4. The molecule has 0 saturated carbocycles. The van der Waals surface area contributed by atoms with Gasteiger partial charge in [0.05, 0.1) is 13.2 Å². The summed E-state index contributed by atoms with van der Waals surface area (Å²) in [6, 6.07) is 16.7. The van der Waals surface area contributed by atoms with Crippen LogP contribution < -0.4 is 9.64 Å². The number of rotatable bonds is 4. The normalized spacial score (nSPS) is 17.7. The van der Waals surface area contributed by atoms with E-state index in [-0.39, 0.29) is 17.5 Å². The molecule has 1 saturated heterocycles. The fourth-order valence-electron chi connectivity index (χ4n) is 3.45. The Balaban J connectivity index is 1.81. The zero-order valence-corrected chi connectivity index (χ0v) is 16.3. The summed E-state index contributed by atoms with van der Waals surface area (Å²) < 4.78 is 5.23. The monoisotopic (exact) mass is 352 g/mol. The number of urea groups is 1. The number of anilines is 1. The number of methoxy groups -OCH3 is 1. The summed E-state index contributed by atoms with van der Waals surface area (Å²) >= 11 is 0. The molecule has 4 nitrogen and oxygen atoms in total. The molecular weight excluding hydrogens is 324 g/mol. The molecule has 4 heteroatoms. The van der Waals surface area contributed by atoms with E-state index in [1.54, 1.807) is 12.0 Å². The van der Waals surface area contributed by atoms with Crippen LogP contribution in [0.2, 0.25) is 0 Å². The molecule has 1 heterocycles. The van der Waals surface area contributed by atoms with Crippen LogP contribution in [0.15, 0.2) is 48.5 Å². The number of likely N-dealkylation sites (N-methyl/N-ethyl adjacent to an activating group) is 1. The van der Waals surface area contributed by atoms with Crippen LogP contribution in [0.5, 0.6) is 5.75 Å². The second-order valence-corrected chi connectivity index (χ2v) is 8.04. The Morgan fingerprint density at radius 2 is 1.65 bits per heavy atom. The van der Waals surface area contributed by atoms with Crippen LogP contribution >= 0.6 is 0 Å². The molecule has 0 N–H and O–H groups in total. The summed E-state index contributed by atoms with van der Waals surface area (Å²) in [6.45, 7) is 7.39. The van der Waals surface area contributed by atoms with Gasteiger partial charge in [0.15, 0.2) is 0 Å². The largest absolute Gasteiger partial charge is 0.497 e. The average Bonchev–Trinajstić information content (AvgIpc) is 2.88. The van der Waals surface area contributed by atoms with Crippen LogP contribution in [0.1, 0.15) is 31.9 Å². The molecule has 0 radical (unpaired) electrons. The van der Waals surface area contributed by atoms with Gasteiger partial charge in [-0.15, -0.1) is 0 Å². The van der Waals surface area contributed by atoms with E-state index >= 15 is 0 Å². The number of carbonyl (C=O) groups excluding carboxylic acids is 1. The minimum absolute atomic E-state index is 0.0477. The SMILES string of the molecule is COc1ccc(N2C(=O)N(C)C[C@@H]2Cc2ccc(C(C)(C)C)cc2)cc1. The first kappa shape index (κ1) is 18.3. The summed E-state index contributed by atoms with van der Waals surface area (Å²) in [5.74, 6) is 0.795. The lowest BCUT2D eigenvalue weighted by molar-refractivity contribution is 0.229. The molecule has 1 aliphatic heterocycles. The van der Waals surface area contributed by atoms with E-state index < -0.39 is 0 Å². The maximum Gasteiger partial charge on any atom is 0.324 e. The predicted octanol–water partition coefficient (Wildman–Crippen LogP) is 4.48. The van der Waals surface area contributed by atoms with Crippen molar-refractivity contribution in [3.8, 4) is 5.75 Å². The Labute approximate surface area is 156 Å². The van der Waals surface area contributed by atoms with Crippen LogP contribution in [0.3, 0.4) is 0 Å². The maximum absolute atomic E-state index is 12.7. The molecule has 0 aromatic heterocycles. The smallest absolute Gasteiger partial charge is 0.324 e. The zero-order chi connectivity index (χ0) is 18.9. The van der Waals surface area contributed by atoms with Gasteiger partial charge in [0.1, 0.15) is 5.75 Å². The van der Waals surface area contributed by atoms with E-state index in [1.165, 1.54) is 11.1 Å². The van der Waals surface area contributed by atoms with Gasteiger partial charge in [-0.25, -0.2) is 4.79 Å². The average molecular weight is 352 g/mol. The number of benzene rings is 2. The van der Waals surface area contributed by atoms with Crippen molar-refractivity contribution in [1.82, 2.24) is 4.90 Å². The molecule has 1 atom stereocenters. The second-order valence-electron chi connectivity index (χ2n) is 8.04. The van der Waals surface area contributed by atoms with Crippen LogP contribution in [0.4, 0.5) is 10.5 Å². The van der Waals surface area contributed by atoms with Gasteiger partial charge < -0.3 is 9.64 Å². The third kappa shape index (κ3) is 3.69. The van der Waals surface area contributed by atoms with E-state index in [0.29, 0.717) is 0 Å². The molecule has 2 aromatic carbocycles. The third-order valence-corrected chi connectivity index (χ3v) is 5.02. The van der Waals surface area contributed by atoms with Crippen molar-refractivity contribution in [2.45, 2.75) is 38.6 Å². The van der Waals surface area contributed by atoms with Crippen LogP contribution in [0, 0.1) is 0 Å². The van der Waals surface area contributed by atoms with Gasteiger partial charge in [-0.3, -0.25) is 4.90 Å². The minimum atomic E-state index is 0.0477. The highest BCUT2D eigenvalue weighted by atomic mass is 16.5. The second kappa shape index (κ2) is 7.02. The van der Waals surface area contributed by atoms with Gasteiger partial charge in [-0.05, 0) is 47.2 Å². The number of hydrogen-bond donors (Lipinski definition) is 0. The van der Waals surface area contributed by atoms with Gasteiger partial charge in [0.25, 0.3) is 0 Å². The van der Waals surface area contributed by atoms with Gasteiger partial charge >= 0.3 is 6.03 Å². The highest BCUT2D eigenvalue weighted by Crippen LogP contribution is 2.29. The fraction of sp³-hybridized carbons (Fsp3) is 0.409. The minimum Gasteiger partial charge on any atom is -0.497 e. The first-order chi connectivity index (χ1) is 12.3. The molecule has 2 aromatic rings. The van der Waals surface area contributed by atoms with Crippen LogP contribution in [-0.2, 0) is 11.8 Å². The lowest BCUT2D eigenvalue weighted by atomic mass is 9.86. The van der Waals surface area contributed by atoms with E-state index in [2.05, 4.69) is 45.0 Å². The highest BCUT2D eigenvalue weighted by molar-refractivity contribution is 5.95. The van der Waals surface area contributed by atoms with Crippen LogP contribution in [0.25, 0.3) is 0 Å². The molecule has 0 spiro atoms. The summed E-state index contributed by atoms with van der Waals surface area (Å²) in [6.07, 6.45) is 0.840. The van der Waals surface area contributed by atoms with Gasteiger partial charge in [0, 0.05) is 19.3 Å². The van der Waals surface area contributed by atoms with E-state index in [9.17, 15) is 4.79 Å². The summed E-state index contributed by atoms with van der Waals surface area (Å²) in [5.41, 5.74) is 3.64. The first-order valence-electron chi connectivity index (χ1n) is 9.07. The number of carbonyl (C=O) groups is 1. The maximum atomic E-state index is 12.7. The zero-order valence-electron chi connectivity index (χ0n) is 16.3. The van der Waals surface area contributed by atoms with E-state index in [0.717, 1.165) is 24.4 Å². The number of hydrogen-bond acceptors (Lipinski definition) is 2. The van der Waals surface area contributed by atoms with Crippen molar-refractivity contribution in [3.05, 3.63) is 59.7 Å². The van der Waals surface area contributed by atoms with E-state index in [1.807, 2.05) is 36.2 Å². The molecule has 0 unspecified atom stereocenters. The Kier molecular flexibility index (Phi) is 4.94. The molecule has 26 heavy (non-hydrogen) atoms. The third-order valence-electron chi connectivity index (χ3n) is 5.02. The van der Waals surface area contributed by atoms with Gasteiger partial charge in [-0.1, -0.05) is 45.0 Å². The first-order valence-corrected chi connectivity index (χ1v) is 9.07. The molecule has 0 bridgehead atoms.